The van der Waals surface area contributed by atoms with Crippen LogP contribution in [0.15, 0.2) is 63.6 Å². The largest absolute Gasteiger partial charge is 0.496 e. The monoisotopic (exact) mass is 528 g/mol. The third-order valence-electron chi connectivity index (χ3n) is 5.57. The molecule has 1 aliphatic heterocycles. The second kappa shape index (κ2) is 11.6. The van der Waals surface area contributed by atoms with Gasteiger partial charge in [-0.25, -0.2) is 8.42 Å². The number of ether oxygens (including phenoxy) is 1. The van der Waals surface area contributed by atoms with Crippen LogP contribution in [0.3, 0.4) is 0 Å². The van der Waals surface area contributed by atoms with Crippen LogP contribution in [0, 0.1) is 0 Å². The van der Waals surface area contributed by atoms with Gasteiger partial charge < -0.3 is 14.6 Å². The highest BCUT2D eigenvalue weighted by Gasteiger charge is 2.19. The Morgan fingerprint density at radius 3 is 2.78 bits per heavy atom. The maximum atomic E-state index is 12.8. The minimum absolute atomic E-state index is 0.0645. The van der Waals surface area contributed by atoms with Crippen LogP contribution in [-0.4, -0.2) is 54.3 Å². The quantitative estimate of drug-likeness (QED) is 0.429. The van der Waals surface area contributed by atoms with Crippen LogP contribution in [-0.2, 0) is 21.9 Å². The summed E-state index contributed by atoms with van der Waals surface area (Å²) in [7, 11) is -0.378. The van der Waals surface area contributed by atoms with Gasteiger partial charge in [0.05, 0.1) is 23.3 Å². The van der Waals surface area contributed by atoms with E-state index < -0.39 is 10.0 Å². The standard InChI is InChI=1S/C24H28N6O4S2/c1-30-23(19-11-5-6-12-20(19)34-2)27-28-24(30)35-16-22(31)26-17-9-8-10-18(15-17)36(32,33)29-21-13-4-3-7-14-25-21/h5-6,8-12,15H,3-4,7,13-14,16H2,1-2H3,(H,25,29)(H,26,31). The minimum atomic E-state index is -3.79. The summed E-state index contributed by atoms with van der Waals surface area (Å²) in [4.78, 5) is 17.0. The number of aliphatic imine (C=N–C) groups is 1. The van der Waals surface area contributed by atoms with Crippen molar-refractivity contribution in [1.29, 1.82) is 0 Å². The lowest BCUT2D eigenvalue weighted by atomic mass is 10.2. The molecule has 3 aromatic rings. The van der Waals surface area contributed by atoms with Crippen molar-refractivity contribution in [1.82, 2.24) is 19.5 Å². The maximum absolute atomic E-state index is 12.8. The molecule has 2 N–H and O–H groups in total. The lowest BCUT2D eigenvalue weighted by molar-refractivity contribution is -0.113. The number of para-hydroxylation sites is 1. The molecule has 10 nitrogen and oxygen atoms in total. The van der Waals surface area contributed by atoms with Gasteiger partial charge in [-0.15, -0.1) is 10.2 Å². The summed E-state index contributed by atoms with van der Waals surface area (Å²) < 4.78 is 35.4. The fraction of sp³-hybridized carbons (Fsp3) is 0.333. The van der Waals surface area contributed by atoms with Crippen LogP contribution in [0.2, 0.25) is 0 Å². The highest BCUT2D eigenvalue weighted by atomic mass is 32.2. The second-order valence-corrected chi connectivity index (χ2v) is 10.8. The van der Waals surface area contributed by atoms with Crippen molar-refractivity contribution in [2.75, 3.05) is 24.7 Å². The van der Waals surface area contributed by atoms with Crippen LogP contribution in [0.5, 0.6) is 5.75 Å². The summed E-state index contributed by atoms with van der Waals surface area (Å²) in [6, 6.07) is 13.7. The van der Waals surface area contributed by atoms with Crippen molar-refractivity contribution in [2.24, 2.45) is 12.0 Å². The Balaban J connectivity index is 1.39. The van der Waals surface area contributed by atoms with Crippen molar-refractivity contribution < 1.29 is 17.9 Å². The van der Waals surface area contributed by atoms with Gasteiger partial charge >= 0.3 is 0 Å². The van der Waals surface area contributed by atoms with E-state index >= 15 is 0 Å². The Hall–Kier alpha value is -3.38. The SMILES string of the molecule is COc1ccccc1-c1nnc(SCC(=O)Nc2cccc(S(=O)(=O)NC3=NCCCCC3)c2)n1C. The Kier molecular flexibility index (Phi) is 8.26. The average Bonchev–Trinajstić information content (AvgIpc) is 3.05. The Bertz CT molecular complexity index is 1370. The molecular weight excluding hydrogens is 500 g/mol. The minimum Gasteiger partial charge on any atom is -0.496 e. The van der Waals surface area contributed by atoms with E-state index in [1.807, 2.05) is 31.3 Å². The zero-order valence-electron chi connectivity index (χ0n) is 20.1. The number of rotatable bonds is 8. The molecule has 1 aromatic heterocycles. The lowest BCUT2D eigenvalue weighted by Crippen LogP contribution is -2.30. The van der Waals surface area contributed by atoms with E-state index in [0.717, 1.165) is 24.8 Å². The fourth-order valence-corrected chi connectivity index (χ4v) is 5.59. The van der Waals surface area contributed by atoms with E-state index in [1.54, 1.807) is 23.8 Å². The molecule has 2 heterocycles. The number of aromatic nitrogens is 3. The molecule has 0 radical (unpaired) electrons. The van der Waals surface area contributed by atoms with E-state index in [9.17, 15) is 13.2 Å². The zero-order chi connectivity index (χ0) is 25.5. The lowest BCUT2D eigenvalue weighted by Gasteiger charge is -2.11. The van der Waals surface area contributed by atoms with E-state index in [0.29, 0.717) is 41.2 Å². The third-order valence-corrected chi connectivity index (χ3v) is 7.97. The molecule has 0 aliphatic carbocycles. The van der Waals surface area contributed by atoms with Crippen LogP contribution in [0.25, 0.3) is 11.4 Å². The van der Waals surface area contributed by atoms with Gasteiger partial charge in [0, 0.05) is 25.7 Å². The van der Waals surface area contributed by atoms with Gasteiger partial charge in [-0.05, 0) is 43.2 Å². The molecule has 1 aliphatic rings. The van der Waals surface area contributed by atoms with Crippen LogP contribution in [0.4, 0.5) is 5.69 Å². The molecule has 0 saturated heterocycles. The summed E-state index contributed by atoms with van der Waals surface area (Å²) >= 11 is 1.23. The smallest absolute Gasteiger partial charge is 0.262 e. The summed E-state index contributed by atoms with van der Waals surface area (Å²) in [6.07, 6.45) is 3.50. The number of carbonyl (C=O) groups excluding carboxylic acids is 1. The molecule has 0 bridgehead atoms. The molecule has 2 aromatic carbocycles. The molecule has 36 heavy (non-hydrogen) atoms. The molecule has 0 atom stereocenters. The molecule has 0 fully saturated rings. The van der Waals surface area contributed by atoms with Crippen molar-refractivity contribution in [3.8, 4) is 17.1 Å². The van der Waals surface area contributed by atoms with Crippen molar-refractivity contribution >= 4 is 39.2 Å². The molecule has 4 rings (SSSR count). The predicted octanol–water partition coefficient (Wildman–Crippen LogP) is 3.47. The molecule has 12 heteroatoms. The van der Waals surface area contributed by atoms with Crippen LogP contribution < -0.4 is 14.8 Å². The summed E-state index contributed by atoms with van der Waals surface area (Å²) in [5.41, 5.74) is 1.19. The number of carbonyl (C=O) groups is 1. The third kappa shape index (κ3) is 6.24. The van der Waals surface area contributed by atoms with E-state index in [-0.39, 0.29) is 16.6 Å². The van der Waals surface area contributed by atoms with E-state index in [4.69, 9.17) is 4.74 Å². The summed E-state index contributed by atoms with van der Waals surface area (Å²) in [6.45, 7) is 0.623. The van der Waals surface area contributed by atoms with Gasteiger partial charge in [0.25, 0.3) is 10.0 Å². The van der Waals surface area contributed by atoms with Gasteiger partial charge in [-0.2, -0.15) is 0 Å². The predicted molar refractivity (Wildman–Crippen MR) is 140 cm³/mol. The maximum Gasteiger partial charge on any atom is 0.262 e. The first-order valence-corrected chi connectivity index (χ1v) is 14.0. The number of amidine groups is 1. The number of nitrogens with zero attached hydrogens (tertiary/aromatic N) is 4. The first-order valence-electron chi connectivity index (χ1n) is 11.5. The van der Waals surface area contributed by atoms with E-state index in [2.05, 4.69) is 25.2 Å². The highest BCUT2D eigenvalue weighted by Crippen LogP contribution is 2.30. The number of hydrogen-bond donors (Lipinski definition) is 2. The van der Waals surface area contributed by atoms with Crippen molar-refractivity contribution in [2.45, 2.75) is 35.7 Å². The number of sulfonamides is 1. The van der Waals surface area contributed by atoms with Crippen LogP contribution in [0.1, 0.15) is 25.7 Å². The van der Waals surface area contributed by atoms with E-state index in [1.165, 1.54) is 23.9 Å². The summed E-state index contributed by atoms with van der Waals surface area (Å²) in [5, 5.41) is 11.8. The van der Waals surface area contributed by atoms with Gasteiger partial charge in [0.15, 0.2) is 11.0 Å². The fourth-order valence-electron chi connectivity index (χ4n) is 3.74. The molecule has 190 valence electrons. The topological polar surface area (TPSA) is 128 Å². The number of methoxy groups -OCH3 is 1. The number of benzene rings is 2. The van der Waals surface area contributed by atoms with Gasteiger partial charge in [0.1, 0.15) is 11.6 Å². The Morgan fingerprint density at radius 2 is 1.94 bits per heavy atom. The Morgan fingerprint density at radius 1 is 1.11 bits per heavy atom. The molecule has 1 amide bonds. The normalized spacial score (nSPS) is 14.0. The second-order valence-electron chi connectivity index (χ2n) is 8.17. The number of amides is 1. The first kappa shape index (κ1) is 25.7. The van der Waals surface area contributed by atoms with Crippen molar-refractivity contribution in [3.05, 3.63) is 48.5 Å². The average molecular weight is 529 g/mol. The molecule has 0 unspecified atom stereocenters. The molecule has 0 spiro atoms. The Labute approximate surface area is 214 Å². The highest BCUT2D eigenvalue weighted by molar-refractivity contribution is 7.99. The van der Waals surface area contributed by atoms with Gasteiger partial charge in [-0.3, -0.25) is 14.5 Å². The molecule has 0 saturated carbocycles. The molecular formula is C24H28N6O4S2. The van der Waals surface area contributed by atoms with Crippen LogP contribution >= 0.6 is 11.8 Å². The number of nitrogens with one attached hydrogen (secondary N) is 2. The number of thioether (sulfide) groups is 1. The number of hydrogen-bond acceptors (Lipinski definition) is 8. The zero-order valence-corrected chi connectivity index (χ0v) is 21.7. The van der Waals surface area contributed by atoms with Gasteiger partial charge in [-0.1, -0.05) is 36.4 Å². The van der Waals surface area contributed by atoms with Crippen molar-refractivity contribution in [3.63, 3.8) is 0 Å². The first-order chi connectivity index (χ1) is 17.4. The number of anilines is 1. The summed E-state index contributed by atoms with van der Waals surface area (Å²) in [5.74, 6) is 1.56. The van der Waals surface area contributed by atoms with Gasteiger partial charge in [0.2, 0.25) is 5.91 Å².